The third-order valence-electron chi connectivity index (χ3n) is 9.85. The number of hydrogen-bond acceptors (Lipinski definition) is 0. The van der Waals surface area contributed by atoms with Crippen LogP contribution < -0.4 is 10.9 Å². The quantitative estimate of drug-likeness (QED) is 0.180. The maximum absolute atomic E-state index is 2.58. The van der Waals surface area contributed by atoms with Gasteiger partial charge in [-0.15, -0.1) is 0 Å². The number of aryl methyl sites for hydroxylation is 2. The molecule has 45 heavy (non-hydrogen) atoms. The van der Waals surface area contributed by atoms with Crippen LogP contribution in [0.2, 0.25) is 5.82 Å². The van der Waals surface area contributed by atoms with E-state index in [9.17, 15) is 0 Å². The summed E-state index contributed by atoms with van der Waals surface area (Å²) >= 11 is 0. The molecular weight excluding hydrogens is 539 g/mol. The molecule has 0 saturated heterocycles. The molecule has 0 spiro atoms. The van der Waals surface area contributed by atoms with Gasteiger partial charge in [-0.3, -0.25) is 0 Å². The standard InChI is InChI=1S/C44H35B/c1-30-23-25-33-15-6-8-19-39(33)43(30)45(44-31(2)24-26-34-16-7-9-20-40(34)44)36-18-12-17-35(29-36)38-28-27-37(32-13-4-3-5-14-32)41-21-10-11-22-42(38)41/h3-17,19-29,36H,18H2,1-2H3. The first-order valence-electron chi connectivity index (χ1n) is 16.1. The van der Waals surface area contributed by atoms with Crippen LogP contribution in [0.1, 0.15) is 23.1 Å². The first kappa shape index (κ1) is 27.4. The maximum atomic E-state index is 2.58. The Morgan fingerprint density at radius 2 is 1.00 bits per heavy atom. The highest BCUT2D eigenvalue weighted by Gasteiger charge is 2.33. The van der Waals surface area contributed by atoms with E-state index in [2.05, 4.69) is 172 Å². The summed E-state index contributed by atoms with van der Waals surface area (Å²) in [6.07, 6.45) is 8.34. The highest BCUT2D eigenvalue weighted by atomic mass is 14.2. The molecule has 7 aromatic rings. The molecule has 0 heterocycles. The number of hydrogen-bond donors (Lipinski definition) is 0. The molecule has 8 rings (SSSR count). The first-order chi connectivity index (χ1) is 22.2. The van der Waals surface area contributed by atoms with E-state index in [4.69, 9.17) is 0 Å². The minimum atomic E-state index is 0.206. The molecule has 214 valence electrons. The van der Waals surface area contributed by atoms with Gasteiger partial charge in [0.25, 0.3) is 0 Å². The van der Waals surface area contributed by atoms with Gasteiger partial charge in [0.15, 0.2) is 0 Å². The van der Waals surface area contributed by atoms with E-state index in [1.165, 1.54) is 76.6 Å². The number of benzene rings is 7. The molecular formula is C44H35B. The lowest BCUT2D eigenvalue weighted by Gasteiger charge is -2.30. The van der Waals surface area contributed by atoms with Gasteiger partial charge in [0.2, 0.25) is 6.71 Å². The Bertz CT molecular complexity index is 2190. The number of fused-ring (bicyclic) bond motifs is 3. The van der Waals surface area contributed by atoms with Crippen LogP contribution in [-0.2, 0) is 0 Å². The van der Waals surface area contributed by atoms with Gasteiger partial charge in [-0.2, -0.15) is 0 Å². The largest absolute Gasteiger partial charge is 0.218 e. The van der Waals surface area contributed by atoms with Crippen molar-refractivity contribution < 1.29 is 0 Å². The number of allylic oxidation sites excluding steroid dienone is 4. The Kier molecular flexibility index (Phi) is 6.96. The SMILES string of the molecule is Cc1ccc2ccccc2c1B(c1c(C)ccc2ccccc12)C1C=C(c2ccc(-c3ccccc3)c3ccccc23)C=CC1. The lowest BCUT2D eigenvalue weighted by Crippen LogP contribution is -2.49. The van der Waals surface area contributed by atoms with E-state index >= 15 is 0 Å². The van der Waals surface area contributed by atoms with Crippen LogP contribution in [0.5, 0.6) is 0 Å². The summed E-state index contributed by atoms with van der Waals surface area (Å²) < 4.78 is 0. The fraction of sp³-hybridized carbons (Fsp3) is 0.0909. The summed E-state index contributed by atoms with van der Waals surface area (Å²) in [4.78, 5) is 0. The second kappa shape index (κ2) is 11.4. The average Bonchev–Trinajstić information content (AvgIpc) is 3.10. The lowest BCUT2D eigenvalue weighted by atomic mass is 9.30. The molecule has 0 fully saturated rings. The fourth-order valence-corrected chi connectivity index (χ4v) is 7.75. The third-order valence-corrected chi connectivity index (χ3v) is 9.85. The van der Waals surface area contributed by atoms with Crippen LogP contribution in [0.15, 0.2) is 158 Å². The first-order valence-corrected chi connectivity index (χ1v) is 16.1. The highest BCUT2D eigenvalue weighted by molar-refractivity contribution is 6.90. The zero-order chi connectivity index (χ0) is 30.3. The molecule has 1 aliphatic rings. The molecule has 0 radical (unpaired) electrons. The molecule has 0 bridgehead atoms. The van der Waals surface area contributed by atoms with E-state index in [0.717, 1.165) is 6.42 Å². The van der Waals surface area contributed by atoms with Crippen molar-refractivity contribution in [3.05, 3.63) is 174 Å². The topological polar surface area (TPSA) is 0 Å². The summed E-state index contributed by atoms with van der Waals surface area (Å²) in [7, 11) is 0. The smallest absolute Gasteiger partial charge is 0.0840 e. The van der Waals surface area contributed by atoms with E-state index < -0.39 is 0 Å². The van der Waals surface area contributed by atoms with Gasteiger partial charge < -0.3 is 0 Å². The minimum Gasteiger partial charge on any atom is -0.0840 e. The normalized spacial score (nSPS) is 14.6. The molecule has 0 saturated carbocycles. The van der Waals surface area contributed by atoms with Crippen LogP contribution in [0.4, 0.5) is 0 Å². The lowest BCUT2D eigenvalue weighted by molar-refractivity contribution is 1.01. The van der Waals surface area contributed by atoms with E-state index in [-0.39, 0.29) is 6.71 Å². The molecule has 1 unspecified atom stereocenters. The Morgan fingerprint density at radius 1 is 0.489 bits per heavy atom. The van der Waals surface area contributed by atoms with E-state index in [1.54, 1.807) is 0 Å². The fourth-order valence-electron chi connectivity index (χ4n) is 7.75. The zero-order valence-electron chi connectivity index (χ0n) is 25.9. The van der Waals surface area contributed by atoms with Crippen molar-refractivity contribution in [1.29, 1.82) is 0 Å². The third kappa shape index (κ3) is 4.80. The molecule has 0 nitrogen and oxygen atoms in total. The molecule has 1 heteroatoms. The molecule has 0 N–H and O–H groups in total. The molecule has 1 aliphatic carbocycles. The van der Waals surface area contributed by atoms with Crippen LogP contribution in [0.25, 0.3) is 49.0 Å². The van der Waals surface area contributed by atoms with Crippen LogP contribution >= 0.6 is 0 Å². The number of rotatable bonds is 5. The molecule has 1 atom stereocenters. The van der Waals surface area contributed by atoms with Crippen LogP contribution in [-0.4, -0.2) is 6.71 Å². The summed E-state index contributed by atoms with van der Waals surface area (Å²) in [6.45, 7) is 4.81. The summed E-state index contributed by atoms with van der Waals surface area (Å²) in [5.41, 5.74) is 10.8. The zero-order valence-corrected chi connectivity index (χ0v) is 25.9. The van der Waals surface area contributed by atoms with Crippen molar-refractivity contribution in [1.82, 2.24) is 0 Å². The highest BCUT2D eigenvalue weighted by Crippen LogP contribution is 2.38. The predicted octanol–water partition coefficient (Wildman–Crippen LogP) is 10.5. The Morgan fingerprint density at radius 3 is 1.62 bits per heavy atom. The van der Waals surface area contributed by atoms with Gasteiger partial charge in [0.1, 0.15) is 0 Å². The second-order valence-corrected chi connectivity index (χ2v) is 12.5. The van der Waals surface area contributed by atoms with Crippen LogP contribution in [0.3, 0.4) is 0 Å². The van der Waals surface area contributed by atoms with Crippen molar-refractivity contribution in [2.24, 2.45) is 0 Å². The molecule has 0 aromatic heterocycles. The van der Waals surface area contributed by atoms with Crippen LogP contribution in [0, 0.1) is 13.8 Å². The average molecular weight is 575 g/mol. The van der Waals surface area contributed by atoms with Crippen molar-refractivity contribution in [3.63, 3.8) is 0 Å². The molecule has 0 aliphatic heterocycles. The molecule has 7 aromatic carbocycles. The van der Waals surface area contributed by atoms with Gasteiger partial charge in [0.05, 0.1) is 0 Å². The molecule has 0 amide bonds. The van der Waals surface area contributed by atoms with Crippen molar-refractivity contribution in [2.75, 3.05) is 0 Å². The summed E-state index contributed by atoms with van der Waals surface area (Å²) in [6, 6.07) is 51.4. The predicted molar refractivity (Wildman–Crippen MR) is 197 cm³/mol. The van der Waals surface area contributed by atoms with Crippen molar-refractivity contribution >= 4 is 55.5 Å². The van der Waals surface area contributed by atoms with Gasteiger partial charge in [-0.25, -0.2) is 0 Å². The van der Waals surface area contributed by atoms with Gasteiger partial charge in [-0.05, 0) is 80.7 Å². The Balaban J connectivity index is 1.36. The van der Waals surface area contributed by atoms with Gasteiger partial charge in [-0.1, -0.05) is 180 Å². The Hall–Kier alpha value is -5.14. The summed E-state index contributed by atoms with van der Waals surface area (Å²) in [5.74, 6) is 0.298. The van der Waals surface area contributed by atoms with E-state index in [1.807, 2.05) is 0 Å². The van der Waals surface area contributed by atoms with Gasteiger partial charge >= 0.3 is 0 Å². The minimum absolute atomic E-state index is 0.206. The summed E-state index contributed by atoms with van der Waals surface area (Å²) in [5, 5.41) is 7.92. The monoisotopic (exact) mass is 574 g/mol. The van der Waals surface area contributed by atoms with Crippen molar-refractivity contribution in [2.45, 2.75) is 26.1 Å². The van der Waals surface area contributed by atoms with Gasteiger partial charge in [0, 0.05) is 0 Å². The van der Waals surface area contributed by atoms with E-state index in [0.29, 0.717) is 5.82 Å². The van der Waals surface area contributed by atoms with Crippen molar-refractivity contribution in [3.8, 4) is 11.1 Å². The second-order valence-electron chi connectivity index (χ2n) is 12.5. The maximum Gasteiger partial charge on any atom is 0.218 e. The Labute approximate surface area is 266 Å².